The van der Waals surface area contributed by atoms with Crippen molar-refractivity contribution in [3.05, 3.63) is 100.0 Å². The topological polar surface area (TPSA) is 84.9 Å². The second-order valence-corrected chi connectivity index (χ2v) is 7.27. The molecule has 0 saturated carbocycles. The zero-order valence-electron chi connectivity index (χ0n) is 17.7. The molecular formula is C25H21ClFNO5. The number of nitrogens with one attached hydrogen (secondary N) is 1. The average Bonchev–Trinajstić information content (AvgIpc) is 2.79. The smallest absolute Gasteiger partial charge is 0.352 e. The van der Waals surface area contributed by atoms with Crippen LogP contribution >= 0.6 is 11.6 Å². The van der Waals surface area contributed by atoms with Gasteiger partial charge in [-0.15, -0.1) is 0 Å². The number of carbonyl (C=O) groups excluding carboxylic acids is 1. The Morgan fingerprint density at radius 1 is 1.06 bits per heavy atom. The normalized spacial score (nSPS) is 11.1. The maximum Gasteiger partial charge on any atom is 0.352 e. The van der Waals surface area contributed by atoms with E-state index in [2.05, 4.69) is 5.32 Å². The summed E-state index contributed by atoms with van der Waals surface area (Å²) in [5, 5.41) is 12.1. The number of rotatable bonds is 9. The monoisotopic (exact) mass is 469 g/mol. The van der Waals surface area contributed by atoms with Crippen LogP contribution < -0.4 is 14.8 Å². The second-order valence-electron chi connectivity index (χ2n) is 6.86. The van der Waals surface area contributed by atoms with Crippen molar-refractivity contribution < 1.29 is 28.6 Å². The summed E-state index contributed by atoms with van der Waals surface area (Å²) in [4.78, 5) is 24.1. The molecule has 0 unspecified atom stereocenters. The molecule has 8 heteroatoms. The van der Waals surface area contributed by atoms with Crippen molar-refractivity contribution in [3.8, 4) is 11.5 Å². The lowest BCUT2D eigenvalue weighted by atomic mass is 10.1. The summed E-state index contributed by atoms with van der Waals surface area (Å²) in [5.41, 5.74) is 0.969. The minimum atomic E-state index is -1.32. The Bertz CT molecular complexity index is 1180. The number of carboxylic acids is 1. The number of ether oxygens (including phenoxy) is 2. The van der Waals surface area contributed by atoms with Gasteiger partial charge >= 0.3 is 5.97 Å². The first-order chi connectivity index (χ1) is 15.9. The van der Waals surface area contributed by atoms with Crippen LogP contribution in [-0.4, -0.2) is 23.6 Å². The van der Waals surface area contributed by atoms with Crippen LogP contribution in [0.2, 0.25) is 5.02 Å². The van der Waals surface area contributed by atoms with Crippen LogP contribution in [0, 0.1) is 5.82 Å². The summed E-state index contributed by atoms with van der Waals surface area (Å²) in [7, 11) is 0. The van der Waals surface area contributed by atoms with Crippen molar-refractivity contribution in [1.82, 2.24) is 5.32 Å². The van der Waals surface area contributed by atoms with Gasteiger partial charge in [0.05, 0.1) is 11.6 Å². The highest BCUT2D eigenvalue weighted by Gasteiger charge is 2.16. The molecule has 0 aliphatic heterocycles. The number of aliphatic carboxylic acids is 1. The standard InChI is InChI=1S/C25H21ClFNO5/c1-2-32-22-14-17(12-20(26)23(22)33-15-16-7-6-10-19(27)11-16)13-21(25(30)31)28-24(29)18-8-4-3-5-9-18/h3-14H,2,15H2,1H3,(H,28,29)(H,30,31)/b21-13+. The van der Waals surface area contributed by atoms with E-state index in [1.54, 1.807) is 55.5 Å². The fourth-order valence-electron chi connectivity index (χ4n) is 2.96. The number of hydrogen-bond donors (Lipinski definition) is 2. The molecule has 170 valence electrons. The van der Waals surface area contributed by atoms with Gasteiger partial charge < -0.3 is 19.9 Å². The highest BCUT2D eigenvalue weighted by molar-refractivity contribution is 6.32. The van der Waals surface area contributed by atoms with Gasteiger partial charge in [0.25, 0.3) is 5.91 Å². The third-order valence-corrected chi connectivity index (χ3v) is 4.71. The lowest BCUT2D eigenvalue weighted by Crippen LogP contribution is -2.27. The van der Waals surface area contributed by atoms with Gasteiger partial charge in [0.1, 0.15) is 18.1 Å². The number of halogens is 2. The molecule has 0 fully saturated rings. The lowest BCUT2D eigenvalue weighted by Gasteiger charge is -2.15. The van der Waals surface area contributed by atoms with E-state index >= 15 is 0 Å². The molecule has 0 spiro atoms. The van der Waals surface area contributed by atoms with Crippen molar-refractivity contribution in [2.45, 2.75) is 13.5 Å². The molecule has 3 aromatic rings. The molecule has 0 atom stereocenters. The summed E-state index contributed by atoms with van der Waals surface area (Å²) >= 11 is 6.39. The van der Waals surface area contributed by atoms with E-state index in [4.69, 9.17) is 21.1 Å². The van der Waals surface area contributed by atoms with E-state index in [0.717, 1.165) is 0 Å². The van der Waals surface area contributed by atoms with Crippen LogP contribution in [0.25, 0.3) is 6.08 Å². The van der Waals surface area contributed by atoms with Crippen molar-refractivity contribution in [2.24, 2.45) is 0 Å². The minimum absolute atomic E-state index is 0.0558. The van der Waals surface area contributed by atoms with Gasteiger partial charge in [-0.2, -0.15) is 0 Å². The van der Waals surface area contributed by atoms with Crippen LogP contribution in [0.3, 0.4) is 0 Å². The summed E-state index contributed by atoms with van der Waals surface area (Å²) < 4.78 is 24.8. The fourth-order valence-corrected chi connectivity index (χ4v) is 3.23. The predicted octanol–water partition coefficient (Wildman–Crippen LogP) is 5.31. The highest BCUT2D eigenvalue weighted by Crippen LogP contribution is 2.37. The van der Waals surface area contributed by atoms with E-state index in [9.17, 15) is 19.1 Å². The van der Waals surface area contributed by atoms with E-state index in [-0.39, 0.29) is 34.6 Å². The zero-order chi connectivity index (χ0) is 23.8. The van der Waals surface area contributed by atoms with Crippen LogP contribution in [0.1, 0.15) is 28.4 Å². The van der Waals surface area contributed by atoms with Crippen molar-refractivity contribution >= 4 is 29.6 Å². The summed E-state index contributed by atoms with van der Waals surface area (Å²) in [6.45, 7) is 2.13. The molecule has 1 amide bonds. The van der Waals surface area contributed by atoms with Gasteiger partial charge in [-0.05, 0) is 60.5 Å². The van der Waals surface area contributed by atoms with Crippen molar-refractivity contribution in [3.63, 3.8) is 0 Å². The van der Waals surface area contributed by atoms with Crippen molar-refractivity contribution in [1.29, 1.82) is 0 Å². The van der Waals surface area contributed by atoms with Crippen molar-refractivity contribution in [2.75, 3.05) is 6.61 Å². The molecule has 33 heavy (non-hydrogen) atoms. The van der Waals surface area contributed by atoms with Gasteiger partial charge in [-0.25, -0.2) is 9.18 Å². The third kappa shape index (κ3) is 6.57. The van der Waals surface area contributed by atoms with Gasteiger partial charge in [0, 0.05) is 5.56 Å². The molecule has 6 nitrogen and oxygen atoms in total. The summed E-state index contributed by atoms with van der Waals surface area (Å²) in [6.07, 6.45) is 1.27. The maximum atomic E-state index is 13.4. The molecule has 0 heterocycles. The Balaban J connectivity index is 1.87. The lowest BCUT2D eigenvalue weighted by molar-refractivity contribution is -0.132. The van der Waals surface area contributed by atoms with Gasteiger partial charge in [0.15, 0.2) is 11.5 Å². The Labute approximate surface area is 195 Å². The van der Waals surface area contributed by atoms with Crippen LogP contribution in [0.5, 0.6) is 11.5 Å². The quantitative estimate of drug-likeness (QED) is 0.415. The first-order valence-electron chi connectivity index (χ1n) is 10.0. The molecule has 0 bridgehead atoms. The van der Waals surface area contributed by atoms with Gasteiger partial charge in [0.2, 0.25) is 0 Å². The largest absolute Gasteiger partial charge is 0.490 e. The maximum absolute atomic E-state index is 13.4. The summed E-state index contributed by atoms with van der Waals surface area (Å²) in [5.74, 6) is -1.74. The third-order valence-electron chi connectivity index (χ3n) is 4.43. The van der Waals surface area contributed by atoms with E-state index in [1.807, 2.05) is 0 Å². The molecular weight excluding hydrogens is 449 g/mol. The first kappa shape index (κ1) is 23.8. The SMILES string of the molecule is CCOc1cc(/C=C(/NC(=O)c2ccccc2)C(=O)O)cc(Cl)c1OCc1cccc(F)c1. The molecule has 0 aromatic heterocycles. The van der Waals surface area contributed by atoms with E-state index in [1.165, 1.54) is 24.3 Å². The molecule has 0 radical (unpaired) electrons. The Kier molecular flexibility index (Phi) is 8.05. The zero-order valence-corrected chi connectivity index (χ0v) is 18.4. The van der Waals surface area contributed by atoms with E-state index < -0.39 is 11.9 Å². The number of carboxylic acid groups (broad SMARTS) is 1. The number of amides is 1. The van der Waals surface area contributed by atoms with Crippen LogP contribution in [0.4, 0.5) is 4.39 Å². The average molecular weight is 470 g/mol. The van der Waals surface area contributed by atoms with Gasteiger partial charge in [-0.1, -0.05) is 41.9 Å². The molecule has 3 rings (SSSR count). The Hall–Kier alpha value is -3.84. The van der Waals surface area contributed by atoms with Gasteiger partial charge in [-0.3, -0.25) is 4.79 Å². The minimum Gasteiger partial charge on any atom is -0.490 e. The Morgan fingerprint density at radius 3 is 2.48 bits per heavy atom. The van der Waals surface area contributed by atoms with Crippen LogP contribution in [-0.2, 0) is 11.4 Å². The molecule has 2 N–H and O–H groups in total. The molecule has 0 aliphatic rings. The number of benzene rings is 3. The van der Waals surface area contributed by atoms with Crippen LogP contribution in [0.15, 0.2) is 72.4 Å². The molecule has 3 aromatic carbocycles. The second kappa shape index (κ2) is 11.2. The fraction of sp³-hybridized carbons (Fsp3) is 0.120. The number of hydrogen-bond acceptors (Lipinski definition) is 4. The number of carbonyl (C=O) groups is 2. The predicted molar refractivity (Wildman–Crippen MR) is 123 cm³/mol. The highest BCUT2D eigenvalue weighted by atomic mass is 35.5. The Morgan fingerprint density at radius 2 is 1.82 bits per heavy atom. The molecule has 0 saturated heterocycles. The first-order valence-corrected chi connectivity index (χ1v) is 10.4. The molecule has 0 aliphatic carbocycles. The van der Waals surface area contributed by atoms with E-state index in [0.29, 0.717) is 23.3 Å². The summed E-state index contributed by atoms with van der Waals surface area (Å²) in [6, 6.07) is 17.3.